The van der Waals surface area contributed by atoms with Gasteiger partial charge in [0, 0.05) is 13.1 Å². The Morgan fingerprint density at radius 3 is 2.80 bits per heavy atom. The number of hydrogen-bond donors (Lipinski definition) is 1. The molecule has 1 N–H and O–H groups in total. The van der Waals surface area contributed by atoms with Gasteiger partial charge in [0.2, 0.25) is 5.91 Å². The number of nitrogens with one attached hydrogen (secondary N) is 1. The van der Waals surface area contributed by atoms with E-state index in [0.717, 1.165) is 44.6 Å². The second-order valence-corrected chi connectivity index (χ2v) is 7.84. The molecule has 0 radical (unpaired) electrons. The summed E-state index contributed by atoms with van der Waals surface area (Å²) in [6.07, 6.45) is 4.37. The molecule has 1 amide bonds. The molecular weight excluding hydrogens is 317 g/mol. The van der Waals surface area contributed by atoms with Gasteiger partial charge in [0.05, 0.1) is 6.04 Å². The van der Waals surface area contributed by atoms with E-state index in [-0.39, 0.29) is 17.8 Å². The van der Waals surface area contributed by atoms with E-state index in [1.807, 2.05) is 6.07 Å². The fraction of sp³-hybridized carbons (Fsp3) is 0.650. The zero-order chi connectivity index (χ0) is 17.9. The third-order valence-corrected chi connectivity index (χ3v) is 5.82. The van der Waals surface area contributed by atoms with Crippen molar-refractivity contribution in [3.8, 4) is 0 Å². The number of piperidine rings is 1. The minimum atomic E-state index is -0.259. The highest BCUT2D eigenvalue weighted by molar-refractivity contribution is 5.82. The van der Waals surface area contributed by atoms with Crippen LogP contribution in [0.25, 0.3) is 0 Å². The van der Waals surface area contributed by atoms with Gasteiger partial charge < -0.3 is 10.2 Å². The summed E-state index contributed by atoms with van der Waals surface area (Å²) in [5.41, 5.74) is 1.10. The lowest BCUT2D eigenvalue weighted by molar-refractivity contribution is -0.125. The van der Waals surface area contributed by atoms with E-state index in [9.17, 15) is 9.18 Å². The molecule has 0 bridgehead atoms. The fourth-order valence-electron chi connectivity index (χ4n) is 4.33. The summed E-state index contributed by atoms with van der Waals surface area (Å²) in [6.45, 7) is 6.81. The maximum atomic E-state index is 13.3. The second kappa shape index (κ2) is 7.83. The molecule has 2 aliphatic heterocycles. The average molecular weight is 347 g/mol. The molecule has 25 heavy (non-hydrogen) atoms. The van der Waals surface area contributed by atoms with Gasteiger partial charge in [-0.1, -0.05) is 19.1 Å². The van der Waals surface area contributed by atoms with Crippen LogP contribution in [0.3, 0.4) is 0 Å². The molecule has 0 unspecified atom stereocenters. The Kier molecular flexibility index (Phi) is 5.74. The number of carbonyl (C=O) groups is 1. The van der Waals surface area contributed by atoms with E-state index in [1.54, 1.807) is 6.07 Å². The summed E-state index contributed by atoms with van der Waals surface area (Å²) in [7, 11) is 2.18. The molecule has 2 fully saturated rings. The maximum Gasteiger partial charge on any atom is 0.237 e. The molecule has 1 aromatic carbocycles. The van der Waals surface area contributed by atoms with Crippen LogP contribution in [0, 0.1) is 11.2 Å². The summed E-state index contributed by atoms with van der Waals surface area (Å²) < 4.78 is 13.3. The third-order valence-electron chi connectivity index (χ3n) is 5.82. The highest BCUT2D eigenvalue weighted by atomic mass is 19.1. The highest BCUT2D eigenvalue weighted by Gasteiger charge is 2.47. The minimum Gasteiger partial charge on any atom is -0.351 e. The molecule has 2 aliphatic rings. The first-order chi connectivity index (χ1) is 12.0. The number of carbonyl (C=O) groups excluding carboxylic acids is 1. The first-order valence-corrected chi connectivity index (χ1v) is 9.46. The summed E-state index contributed by atoms with van der Waals surface area (Å²) >= 11 is 0. The van der Waals surface area contributed by atoms with Crippen LogP contribution in [0.4, 0.5) is 4.39 Å². The number of halogens is 1. The molecule has 1 atom stereocenters. The van der Waals surface area contributed by atoms with Crippen molar-refractivity contribution in [1.82, 2.24) is 15.1 Å². The Morgan fingerprint density at radius 2 is 2.12 bits per heavy atom. The van der Waals surface area contributed by atoms with Gasteiger partial charge in [-0.05, 0) is 75.5 Å². The van der Waals surface area contributed by atoms with E-state index in [1.165, 1.54) is 25.0 Å². The molecule has 1 aromatic rings. The average Bonchev–Trinajstić information content (AvgIpc) is 2.95. The number of nitrogens with zero attached hydrogens (tertiary/aromatic N) is 2. The van der Waals surface area contributed by atoms with Crippen LogP contribution in [-0.4, -0.2) is 55.0 Å². The Balaban J connectivity index is 1.63. The van der Waals surface area contributed by atoms with E-state index >= 15 is 0 Å². The van der Waals surface area contributed by atoms with Gasteiger partial charge in [-0.3, -0.25) is 9.69 Å². The Morgan fingerprint density at radius 1 is 1.36 bits per heavy atom. The van der Waals surface area contributed by atoms with Gasteiger partial charge in [-0.15, -0.1) is 0 Å². The quantitative estimate of drug-likeness (QED) is 0.889. The van der Waals surface area contributed by atoms with E-state index < -0.39 is 0 Å². The molecule has 5 heteroatoms. The summed E-state index contributed by atoms with van der Waals surface area (Å²) in [4.78, 5) is 17.6. The highest BCUT2D eigenvalue weighted by Crippen LogP contribution is 2.43. The molecule has 2 saturated heterocycles. The van der Waals surface area contributed by atoms with Crippen molar-refractivity contribution in [2.75, 3.05) is 33.2 Å². The smallest absolute Gasteiger partial charge is 0.237 e. The van der Waals surface area contributed by atoms with Crippen LogP contribution in [0.1, 0.15) is 38.2 Å². The minimum absolute atomic E-state index is 0.0445. The van der Waals surface area contributed by atoms with Gasteiger partial charge in [0.15, 0.2) is 0 Å². The van der Waals surface area contributed by atoms with E-state index in [2.05, 4.69) is 29.1 Å². The van der Waals surface area contributed by atoms with Crippen LogP contribution in [-0.2, 0) is 11.3 Å². The lowest BCUT2D eigenvalue weighted by Gasteiger charge is -2.37. The van der Waals surface area contributed by atoms with Crippen molar-refractivity contribution in [2.45, 2.75) is 45.2 Å². The number of hydrogen-bond acceptors (Lipinski definition) is 3. The number of benzene rings is 1. The van der Waals surface area contributed by atoms with E-state index in [0.29, 0.717) is 12.0 Å². The van der Waals surface area contributed by atoms with Gasteiger partial charge in [-0.25, -0.2) is 4.39 Å². The summed E-state index contributed by atoms with van der Waals surface area (Å²) in [5.74, 6) is -0.168. The monoisotopic (exact) mass is 347 g/mol. The number of amides is 1. The normalized spacial score (nSPS) is 23.9. The molecule has 0 aliphatic carbocycles. The largest absolute Gasteiger partial charge is 0.351 e. The van der Waals surface area contributed by atoms with Crippen molar-refractivity contribution >= 4 is 5.91 Å². The van der Waals surface area contributed by atoms with Gasteiger partial charge in [0.1, 0.15) is 5.82 Å². The zero-order valence-corrected chi connectivity index (χ0v) is 15.4. The number of likely N-dealkylation sites (tertiary alicyclic amines) is 2. The van der Waals surface area contributed by atoms with Crippen molar-refractivity contribution < 1.29 is 9.18 Å². The molecular formula is C20H30FN3O. The second-order valence-electron chi connectivity index (χ2n) is 7.84. The lowest BCUT2D eigenvalue weighted by atomic mass is 9.76. The topological polar surface area (TPSA) is 35.6 Å². The number of rotatable bonds is 5. The Bertz CT molecular complexity index is 598. The van der Waals surface area contributed by atoms with Crippen LogP contribution >= 0.6 is 0 Å². The van der Waals surface area contributed by atoms with Crippen LogP contribution < -0.4 is 5.32 Å². The summed E-state index contributed by atoms with van der Waals surface area (Å²) in [5, 5.41) is 3.03. The molecule has 3 rings (SSSR count). The Labute approximate surface area is 150 Å². The van der Waals surface area contributed by atoms with Crippen molar-refractivity contribution in [3.63, 3.8) is 0 Å². The lowest BCUT2D eigenvalue weighted by Crippen LogP contribution is -2.43. The predicted octanol–water partition coefficient (Wildman–Crippen LogP) is 2.64. The maximum absolute atomic E-state index is 13.3. The SMILES string of the molecule is CCCN1CC2(CCN(C)CC2)C[C@@H]1C(=O)NCc1cccc(F)c1. The van der Waals surface area contributed by atoms with Gasteiger partial charge >= 0.3 is 0 Å². The Hall–Kier alpha value is -1.46. The molecule has 0 saturated carbocycles. The van der Waals surface area contributed by atoms with Gasteiger partial charge in [0.25, 0.3) is 0 Å². The molecule has 1 spiro atoms. The molecule has 138 valence electrons. The molecule has 0 aromatic heterocycles. The molecule has 2 heterocycles. The van der Waals surface area contributed by atoms with Gasteiger partial charge in [-0.2, -0.15) is 0 Å². The van der Waals surface area contributed by atoms with Crippen LogP contribution in [0.5, 0.6) is 0 Å². The summed E-state index contributed by atoms with van der Waals surface area (Å²) in [6, 6.07) is 6.40. The molecule has 4 nitrogen and oxygen atoms in total. The van der Waals surface area contributed by atoms with E-state index in [4.69, 9.17) is 0 Å². The van der Waals surface area contributed by atoms with Crippen LogP contribution in [0.15, 0.2) is 24.3 Å². The van der Waals surface area contributed by atoms with Crippen molar-refractivity contribution in [3.05, 3.63) is 35.6 Å². The van der Waals surface area contributed by atoms with Crippen molar-refractivity contribution in [1.29, 1.82) is 0 Å². The van der Waals surface area contributed by atoms with Crippen molar-refractivity contribution in [2.24, 2.45) is 5.41 Å². The fourth-order valence-corrected chi connectivity index (χ4v) is 4.33. The van der Waals surface area contributed by atoms with Crippen LogP contribution in [0.2, 0.25) is 0 Å². The standard InChI is InChI=1S/C20H30FN3O/c1-3-9-24-15-20(7-10-23(2)11-8-20)13-18(24)19(25)22-14-16-5-4-6-17(21)12-16/h4-6,12,18H,3,7-11,13-15H2,1-2H3,(H,22,25)/t18-/m1/s1. The first-order valence-electron chi connectivity index (χ1n) is 9.46. The third kappa shape index (κ3) is 4.39. The predicted molar refractivity (Wildman–Crippen MR) is 97.7 cm³/mol. The zero-order valence-electron chi connectivity index (χ0n) is 15.4. The first kappa shape index (κ1) is 18.3.